The fourth-order valence-electron chi connectivity index (χ4n) is 7.03. The standard InChI is InChI=1S/C37H51N5O8S/c1-7-27-33(39-29-18-14-13-17-28(29)38-27)49-26-20-30-31(43)22-37(35(46)40-51(47,48)41(5)6)21-25(37)16-12-10-8-9-11-15-24(34(45)42(30)23-26)19-32(44)50-36(2,3)4/h12-14,16-18,24-26,30H,7-11,15,19-23H2,1-6H3,(H,40,46)/b16-12-/t24-,25+,26-,30+,37-/m1/s1. The number of hydrogen-bond donors (Lipinski definition) is 1. The van der Waals surface area contributed by atoms with Crippen LogP contribution in [0.25, 0.3) is 11.0 Å². The molecule has 14 heteroatoms. The molecule has 0 radical (unpaired) electrons. The summed E-state index contributed by atoms with van der Waals surface area (Å²) >= 11 is 0. The van der Waals surface area contributed by atoms with Gasteiger partial charge in [0.25, 0.3) is 0 Å². The number of carbonyl (C=O) groups is 4. The Morgan fingerprint density at radius 3 is 2.45 bits per heavy atom. The number of esters is 1. The first kappa shape index (κ1) is 38.3. The van der Waals surface area contributed by atoms with Gasteiger partial charge in [-0.15, -0.1) is 0 Å². The zero-order chi connectivity index (χ0) is 37.1. The van der Waals surface area contributed by atoms with Crippen molar-refractivity contribution in [2.45, 2.75) is 110 Å². The molecule has 1 saturated carbocycles. The Hall–Kier alpha value is -3.91. The monoisotopic (exact) mass is 725 g/mol. The Labute approximate surface area is 300 Å². The second-order valence-electron chi connectivity index (χ2n) is 15.2. The lowest BCUT2D eigenvalue weighted by Gasteiger charge is -2.29. The second-order valence-corrected chi connectivity index (χ2v) is 17.1. The number of carbonyl (C=O) groups excluding carboxylic acids is 4. The number of nitrogens with zero attached hydrogens (tertiary/aromatic N) is 4. The van der Waals surface area contributed by atoms with E-state index in [4.69, 9.17) is 19.4 Å². The van der Waals surface area contributed by atoms with Crippen molar-refractivity contribution in [1.82, 2.24) is 23.9 Å². The minimum absolute atomic E-state index is 0.0647. The van der Waals surface area contributed by atoms with Crippen molar-refractivity contribution >= 4 is 44.8 Å². The van der Waals surface area contributed by atoms with E-state index in [1.807, 2.05) is 43.3 Å². The molecule has 0 spiro atoms. The van der Waals surface area contributed by atoms with Crippen LogP contribution >= 0.6 is 0 Å². The van der Waals surface area contributed by atoms with Crippen molar-refractivity contribution in [2.75, 3.05) is 20.6 Å². The highest BCUT2D eigenvalue weighted by atomic mass is 32.2. The minimum Gasteiger partial charge on any atom is -0.471 e. The summed E-state index contributed by atoms with van der Waals surface area (Å²) in [6.07, 6.45) is 7.38. The van der Waals surface area contributed by atoms with Gasteiger partial charge in [-0.2, -0.15) is 12.7 Å². The average Bonchev–Trinajstić information content (AvgIpc) is 3.58. The molecule has 0 bridgehead atoms. The lowest BCUT2D eigenvalue weighted by atomic mass is 9.90. The lowest BCUT2D eigenvalue weighted by molar-refractivity contribution is -0.159. The second kappa shape index (κ2) is 15.4. The van der Waals surface area contributed by atoms with E-state index in [-0.39, 0.29) is 43.4 Å². The summed E-state index contributed by atoms with van der Waals surface area (Å²) in [7, 11) is -1.47. The molecule has 1 saturated heterocycles. The molecule has 5 atom stereocenters. The number of para-hydroxylation sites is 2. The van der Waals surface area contributed by atoms with E-state index < -0.39 is 51.2 Å². The van der Waals surface area contributed by atoms with Crippen molar-refractivity contribution in [3.05, 3.63) is 42.1 Å². The van der Waals surface area contributed by atoms with Crippen LogP contribution in [0.2, 0.25) is 0 Å². The Morgan fingerprint density at radius 1 is 1.08 bits per heavy atom. The fourth-order valence-corrected chi connectivity index (χ4v) is 7.65. The van der Waals surface area contributed by atoms with Gasteiger partial charge in [-0.3, -0.25) is 19.2 Å². The van der Waals surface area contributed by atoms with Crippen molar-refractivity contribution in [1.29, 1.82) is 0 Å². The highest BCUT2D eigenvalue weighted by molar-refractivity contribution is 7.87. The van der Waals surface area contributed by atoms with Gasteiger partial charge < -0.3 is 14.4 Å². The summed E-state index contributed by atoms with van der Waals surface area (Å²) < 4.78 is 40.5. The number of aromatic nitrogens is 2. The van der Waals surface area contributed by atoms with Gasteiger partial charge in [0.15, 0.2) is 5.78 Å². The Kier molecular flexibility index (Phi) is 11.5. The van der Waals surface area contributed by atoms with Crippen LogP contribution in [0, 0.1) is 17.3 Å². The number of ether oxygens (including phenoxy) is 2. The molecular formula is C37H51N5O8S. The summed E-state index contributed by atoms with van der Waals surface area (Å²) in [6.45, 7) is 7.33. The number of fused-ring (bicyclic) bond motifs is 3. The van der Waals surface area contributed by atoms with Crippen molar-refractivity contribution in [3.8, 4) is 5.88 Å². The number of rotatable bonds is 8. The number of allylic oxidation sites excluding steroid dienone is 2. The van der Waals surface area contributed by atoms with Crippen LogP contribution < -0.4 is 9.46 Å². The summed E-state index contributed by atoms with van der Waals surface area (Å²) in [4.78, 5) is 66.6. The number of aryl methyl sites for hydroxylation is 1. The maximum atomic E-state index is 14.5. The third-order valence-corrected chi connectivity index (χ3v) is 11.3. The predicted molar refractivity (Wildman–Crippen MR) is 191 cm³/mol. The third kappa shape index (κ3) is 9.12. The zero-order valence-corrected chi connectivity index (χ0v) is 31.3. The Bertz CT molecular complexity index is 1790. The molecule has 3 heterocycles. The Morgan fingerprint density at radius 2 is 1.78 bits per heavy atom. The van der Waals surface area contributed by atoms with Crippen LogP contribution in [-0.4, -0.2) is 89.5 Å². The van der Waals surface area contributed by atoms with Gasteiger partial charge in [0.2, 0.25) is 17.7 Å². The minimum atomic E-state index is -4.11. The number of amides is 2. The molecule has 2 aromatic rings. The van der Waals surface area contributed by atoms with Crippen LogP contribution in [-0.2, 0) is 40.5 Å². The summed E-state index contributed by atoms with van der Waals surface area (Å²) in [5, 5.41) is 0. The smallest absolute Gasteiger partial charge is 0.307 e. The van der Waals surface area contributed by atoms with Crippen molar-refractivity contribution in [3.63, 3.8) is 0 Å². The first-order valence-electron chi connectivity index (χ1n) is 17.9. The molecule has 278 valence electrons. The zero-order valence-electron chi connectivity index (χ0n) is 30.5. The molecule has 2 fully saturated rings. The van der Waals surface area contributed by atoms with Gasteiger partial charge >= 0.3 is 16.2 Å². The fraction of sp³-hybridized carbons (Fsp3) is 0.622. The van der Waals surface area contributed by atoms with Crippen LogP contribution in [0.1, 0.15) is 91.2 Å². The number of hydrogen-bond acceptors (Lipinski definition) is 10. The van der Waals surface area contributed by atoms with Crippen molar-refractivity contribution in [2.24, 2.45) is 17.3 Å². The van der Waals surface area contributed by atoms with E-state index in [9.17, 15) is 27.6 Å². The van der Waals surface area contributed by atoms with Gasteiger partial charge in [-0.05, 0) is 70.9 Å². The van der Waals surface area contributed by atoms with E-state index >= 15 is 0 Å². The summed E-state index contributed by atoms with van der Waals surface area (Å²) in [6, 6.07) is 6.48. The molecule has 3 aliphatic rings. The van der Waals surface area contributed by atoms with E-state index in [0.717, 1.165) is 29.1 Å². The van der Waals surface area contributed by atoms with Gasteiger partial charge in [0, 0.05) is 32.9 Å². The van der Waals surface area contributed by atoms with E-state index in [1.54, 1.807) is 20.8 Å². The third-order valence-electron chi connectivity index (χ3n) is 9.89. The largest absolute Gasteiger partial charge is 0.471 e. The first-order valence-corrected chi connectivity index (χ1v) is 19.4. The average molecular weight is 726 g/mol. The number of benzene rings is 1. The maximum absolute atomic E-state index is 14.5. The van der Waals surface area contributed by atoms with Crippen LogP contribution in [0.5, 0.6) is 5.88 Å². The predicted octanol–water partition coefficient (Wildman–Crippen LogP) is 4.30. The normalized spacial score (nSPS) is 26.8. The molecule has 2 amide bonds. The van der Waals surface area contributed by atoms with Gasteiger partial charge in [-0.1, -0.05) is 44.1 Å². The molecule has 51 heavy (non-hydrogen) atoms. The van der Waals surface area contributed by atoms with Gasteiger partial charge in [0.05, 0.1) is 35.5 Å². The van der Waals surface area contributed by atoms with Crippen LogP contribution in [0.4, 0.5) is 0 Å². The molecule has 1 aliphatic carbocycles. The molecule has 5 rings (SSSR count). The number of nitrogens with one attached hydrogen (secondary N) is 1. The highest BCUT2D eigenvalue weighted by Gasteiger charge is 2.61. The van der Waals surface area contributed by atoms with E-state index in [0.29, 0.717) is 42.8 Å². The van der Waals surface area contributed by atoms with Gasteiger partial charge in [0.1, 0.15) is 17.4 Å². The van der Waals surface area contributed by atoms with Crippen molar-refractivity contribution < 1.29 is 37.1 Å². The summed E-state index contributed by atoms with van der Waals surface area (Å²) in [5.74, 6) is -2.68. The molecule has 1 aromatic heterocycles. The molecular weight excluding hydrogens is 675 g/mol. The summed E-state index contributed by atoms with van der Waals surface area (Å²) in [5.41, 5.74) is 0.00785. The molecule has 1 aromatic carbocycles. The molecule has 1 N–H and O–H groups in total. The first-order chi connectivity index (χ1) is 24.0. The van der Waals surface area contributed by atoms with Crippen LogP contribution in [0.15, 0.2) is 36.4 Å². The quantitative estimate of drug-likeness (QED) is 0.307. The maximum Gasteiger partial charge on any atom is 0.307 e. The number of ketones is 1. The van der Waals surface area contributed by atoms with Gasteiger partial charge in [-0.25, -0.2) is 14.7 Å². The van der Waals surface area contributed by atoms with E-state index in [2.05, 4.69) is 4.72 Å². The number of Topliss-reactive ketones (excluding diaryl/α,β-unsaturated/α-hetero) is 1. The molecule has 0 unspecified atom stereocenters. The molecule has 2 aliphatic heterocycles. The molecule has 13 nitrogen and oxygen atoms in total. The lowest BCUT2D eigenvalue weighted by Crippen LogP contribution is -2.47. The SMILES string of the molecule is CCc1nc2ccccc2nc1O[C@@H]1C[C@H]2C(=O)C[C@]3(C(=O)NS(=O)(=O)N(C)C)C[C@@H]3/C=C\CCCCC[C@H](CC(=O)OC(C)(C)C)C(=O)N2C1. The highest BCUT2D eigenvalue weighted by Crippen LogP contribution is 2.57. The topological polar surface area (TPSA) is 165 Å². The van der Waals surface area contributed by atoms with E-state index in [1.165, 1.54) is 19.0 Å². The Balaban J connectivity index is 1.48. The van der Waals surface area contributed by atoms with Crippen LogP contribution in [0.3, 0.4) is 0 Å².